The number of ether oxygens (including phenoxy) is 1. The molecule has 3 aromatic rings. The van der Waals surface area contributed by atoms with E-state index >= 15 is 0 Å². The molecule has 1 saturated carbocycles. The minimum absolute atomic E-state index is 0.0521. The van der Waals surface area contributed by atoms with Crippen LogP contribution in [0.5, 0.6) is 5.75 Å². The van der Waals surface area contributed by atoms with Gasteiger partial charge in [0.15, 0.2) is 5.82 Å². The molecule has 13 heteroatoms. The molecule has 0 bridgehead atoms. The van der Waals surface area contributed by atoms with Gasteiger partial charge in [0, 0.05) is 12.6 Å². The van der Waals surface area contributed by atoms with Crippen molar-refractivity contribution in [3.63, 3.8) is 0 Å². The van der Waals surface area contributed by atoms with E-state index in [1.54, 1.807) is 13.1 Å². The molecule has 0 saturated heterocycles. The number of carbonyl (C=O) groups excluding carboxylic acids is 1. The molecule has 4 rings (SSSR count). The number of nitrogens with one attached hydrogen (secondary N) is 2. The summed E-state index contributed by atoms with van der Waals surface area (Å²) in [6, 6.07) is 3.94. The van der Waals surface area contributed by atoms with E-state index in [1.807, 2.05) is 0 Å². The summed E-state index contributed by atoms with van der Waals surface area (Å²) in [5, 5.41) is 9.97. The lowest BCUT2D eigenvalue weighted by molar-refractivity contribution is -0.274. The van der Waals surface area contributed by atoms with Gasteiger partial charge in [-0.05, 0) is 42.5 Å². The van der Waals surface area contributed by atoms with Crippen molar-refractivity contribution in [3.05, 3.63) is 52.6 Å². The Balaban J connectivity index is 1.55. The summed E-state index contributed by atoms with van der Waals surface area (Å²) in [5.74, 6) is -0.134. The average molecular weight is 468 g/mol. The van der Waals surface area contributed by atoms with E-state index in [4.69, 9.17) is 11.6 Å². The molecule has 1 aliphatic rings. The summed E-state index contributed by atoms with van der Waals surface area (Å²) in [4.78, 5) is 25.1. The number of carbonyl (C=O) groups is 1. The third-order valence-corrected chi connectivity index (χ3v) is 4.77. The molecule has 0 unspecified atom stereocenters. The Morgan fingerprint density at radius 2 is 1.97 bits per heavy atom. The van der Waals surface area contributed by atoms with Gasteiger partial charge in [-0.3, -0.25) is 4.79 Å². The molecule has 1 aromatic carbocycles. The second-order valence-corrected chi connectivity index (χ2v) is 7.45. The number of amides is 1. The Morgan fingerprint density at radius 3 is 2.59 bits per heavy atom. The lowest BCUT2D eigenvalue weighted by Crippen LogP contribution is -2.25. The number of aromatic nitrogens is 5. The number of hydrogen-bond donors (Lipinski definition) is 2. The van der Waals surface area contributed by atoms with Gasteiger partial charge in [-0.2, -0.15) is 9.67 Å². The van der Waals surface area contributed by atoms with Gasteiger partial charge in [-0.25, -0.2) is 9.97 Å². The van der Waals surface area contributed by atoms with Gasteiger partial charge in [0.1, 0.15) is 5.75 Å². The first-order chi connectivity index (χ1) is 15.2. The molecule has 2 heterocycles. The summed E-state index contributed by atoms with van der Waals surface area (Å²) in [6.45, 7) is -0.0807. The van der Waals surface area contributed by atoms with E-state index in [-0.39, 0.29) is 29.9 Å². The number of hydrogen-bond acceptors (Lipinski definition) is 7. The highest BCUT2D eigenvalue weighted by molar-refractivity contribution is 6.30. The van der Waals surface area contributed by atoms with Crippen LogP contribution in [0.15, 0.2) is 30.6 Å². The van der Waals surface area contributed by atoms with Crippen molar-refractivity contribution in [2.45, 2.75) is 31.7 Å². The first-order valence-corrected chi connectivity index (χ1v) is 9.90. The normalized spacial score (nSPS) is 13.7. The van der Waals surface area contributed by atoms with Crippen LogP contribution in [0.3, 0.4) is 0 Å². The molecule has 0 atom stereocenters. The van der Waals surface area contributed by atoms with Crippen molar-refractivity contribution < 1.29 is 22.7 Å². The highest BCUT2D eigenvalue weighted by Crippen LogP contribution is 2.42. The van der Waals surface area contributed by atoms with Crippen LogP contribution in [0.1, 0.15) is 40.5 Å². The van der Waals surface area contributed by atoms with Crippen molar-refractivity contribution >= 4 is 23.5 Å². The smallest absolute Gasteiger partial charge is 0.406 e. The molecule has 1 fully saturated rings. The largest absolute Gasteiger partial charge is 0.573 e. The number of nitrogens with zero attached hydrogens (tertiary/aromatic N) is 5. The van der Waals surface area contributed by atoms with Crippen LogP contribution in [0.2, 0.25) is 5.02 Å². The van der Waals surface area contributed by atoms with E-state index in [0.29, 0.717) is 16.4 Å². The maximum absolute atomic E-state index is 12.7. The summed E-state index contributed by atoms with van der Waals surface area (Å²) in [7, 11) is 1.62. The van der Waals surface area contributed by atoms with E-state index in [1.165, 1.54) is 23.1 Å². The zero-order valence-electron chi connectivity index (χ0n) is 16.6. The van der Waals surface area contributed by atoms with Crippen molar-refractivity contribution in [1.29, 1.82) is 0 Å². The van der Waals surface area contributed by atoms with Crippen molar-refractivity contribution in [2.24, 2.45) is 0 Å². The Kier molecular flexibility index (Phi) is 5.87. The second kappa shape index (κ2) is 8.61. The zero-order chi connectivity index (χ0) is 22.9. The first-order valence-electron chi connectivity index (χ1n) is 9.52. The summed E-state index contributed by atoms with van der Waals surface area (Å²) < 4.78 is 43.4. The van der Waals surface area contributed by atoms with Gasteiger partial charge in [0.05, 0.1) is 24.0 Å². The van der Waals surface area contributed by atoms with Crippen LogP contribution in [0.4, 0.5) is 19.1 Å². The monoisotopic (exact) mass is 467 g/mol. The molecule has 0 aliphatic heterocycles. The molecule has 1 aliphatic carbocycles. The third-order valence-electron chi connectivity index (χ3n) is 4.57. The van der Waals surface area contributed by atoms with E-state index < -0.39 is 18.0 Å². The predicted molar refractivity (Wildman–Crippen MR) is 108 cm³/mol. The summed E-state index contributed by atoms with van der Waals surface area (Å²) >= 11 is 5.81. The topological polar surface area (TPSA) is 107 Å². The molecule has 1 amide bonds. The molecular formula is C19H17ClF3N7O2. The molecule has 0 radical (unpaired) electrons. The number of anilines is 1. The lowest BCUT2D eigenvalue weighted by Gasteiger charge is -2.13. The minimum Gasteiger partial charge on any atom is -0.406 e. The van der Waals surface area contributed by atoms with Crippen LogP contribution in [-0.2, 0) is 6.54 Å². The van der Waals surface area contributed by atoms with E-state index in [2.05, 4.69) is 35.4 Å². The first kappa shape index (κ1) is 21.8. The predicted octanol–water partition coefficient (Wildman–Crippen LogP) is 3.46. The maximum Gasteiger partial charge on any atom is 0.573 e. The molecule has 32 heavy (non-hydrogen) atoms. The number of halogens is 4. The van der Waals surface area contributed by atoms with Crippen molar-refractivity contribution in [3.8, 4) is 11.7 Å². The zero-order valence-corrected chi connectivity index (χ0v) is 17.4. The number of rotatable bonds is 7. The molecule has 2 N–H and O–H groups in total. The van der Waals surface area contributed by atoms with Crippen LogP contribution in [0.25, 0.3) is 5.95 Å². The fraction of sp³-hybridized carbons (Fsp3) is 0.316. The summed E-state index contributed by atoms with van der Waals surface area (Å²) in [5.41, 5.74) is 0.684. The highest BCUT2D eigenvalue weighted by Gasteiger charge is 2.33. The Bertz CT molecular complexity index is 1130. The fourth-order valence-electron chi connectivity index (χ4n) is 3.00. The maximum atomic E-state index is 12.7. The standard InChI is InChI=1S/C19H17ClF3N7O2/c1-24-17-28-15(30(29-17)18-26-7-13(20)8-27-18)9-25-16(31)12-4-11(10-2-3-10)5-14(6-12)32-19(21,22)23/h4-8,10H,2-3,9H2,1H3,(H,24,29)(H,25,31). The molecular weight excluding hydrogens is 451 g/mol. The Labute approximate surface area is 185 Å². The number of benzene rings is 1. The van der Waals surface area contributed by atoms with E-state index in [0.717, 1.165) is 18.9 Å². The van der Waals surface area contributed by atoms with Gasteiger partial charge >= 0.3 is 6.36 Å². The lowest BCUT2D eigenvalue weighted by atomic mass is 10.1. The van der Waals surface area contributed by atoms with Crippen LogP contribution in [0, 0.1) is 0 Å². The third kappa shape index (κ3) is 5.25. The number of alkyl halides is 3. The Morgan fingerprint density at radius 1 is 1.25 bits per heavy atom. The van der Waals surface area contributed by atoms with Gasteiger partial charge in [-0.1, -0.05) is 11.6 Å². The average Bonchev–Trinajstić information content (AvgIpc) is 3.51. The summed E-state index contributed by atoms with van der Waals surface area (Å²) in [6.07, 6.45) is -0.368. The quantitative estimate of drug-likeness (QED) is 0.548. The van der Waals surface area contributed by atoms with Crippen molar-refractivity contribution in [1.82, 2.24) is 30.0 Å². The SMILES string of the molecule is CNc1nc(CNC(=O)c2cc(OC(F)(F)F)cc(C3CC3)c2)n(-c2ncc(Cl)cn2)n1. The van der Waals surface area contributed by atoms with Crippen LogP contribution < -0.4 is 15.4 Å². The van der Waals surface area contributed by atoms with Crippen molar-refractivity contribution in [2.75, 3.05) is 12.4 Å². The highest BCUT2D eigenvalue weighted by atomic mass is 35.5. The molecule has 168 valence electrons. The molecule has 9 nitrogen and oxygen atoms in total. The molecule has 0 spiro atoms. The van der Waals surface area contributed by atoms with Crippen LogP contribution >= 0.6 is 11.6 Å². The van der Waals surface area contributed by atoms with E-state index in [9.17, 15) is 18.0 Å². The Hall–Kier alpha value is -3.41. The molecule has 2 aromatic heterocycles. The second-order valence-electron chi connectivity index (χ2n) is 7.01. The fourth-order valence-corrected chi connectivity index (χ4v) is 3.10. The van der Waals surface area contributed by atoms with Gasteiger partial charge in [0.25, 0.3) is 11.9 Å². The van der Waals surface area contributed by atoms with Gasteiger partial charge in [-0.15, -0.1) is 18.3 Å². The van der Waals surface area contributed by atoms with Crippen LogP contribution in [-0.4, -0.2) is 44.0 Å². The van der Waals surface area contributed by atoms with Gasteiger partial charge < -0.3 is 15.4 Å². The minimum atomic E-state index is -4.85. The van der Waals surface area contributed by atoms with Gasteiger partial charge in [0.2, 0.25) is 5.95 Å².